The van der Waals surface area contributed by atoms with Crippen LogP contribution in [-0.2, 0) is 23.1 Å². The Balaban J connectivity index is 1.50. The molecule has 1 heterocycles. The summed E-state index contributed by atoms with van der Waals surface area (Å²) < 4.78 is 6.79. The van der Waals surface area contributed by atoms with Crippen LogP contribution in [-0.4, -0.2) is 34.6 Å². The molecule has 2 amide bonds. The number of amides is 2. The normalized spacial score (nSPS) is 11.3. The highest BCUT2D eigenvalue weighted by Crippen LogP contribution is 2.21. The number of halogens is 1. The zero-order chi connectivity index (χ0) is 26.5. The zero-order valence-electron chi connectivity index (χ0n) is 20.1. The number of rotatable bonds is 7. The monoisotopic (exact) mass is 517 g/mol. The molecule has 1 aromatic heterocycles. The summed E-state index contributed by atoms with van der Waals surface area (Å²) in [6, 6.07) is 18.4. The first-order valence-corrected chi connectivity index (χ1v) is 11.6. The van der Waals surface area contributed by atoms with Gasteiger partial charge in [0.2, 0.25) is 0 Å². The maximum Gasteiger partial charge on any atom is 0.354 e. The van der Waals surface area contributed by atoms with Crippen molar-refractivity contribution in [3.63, 3.8) is 0 Å². The van der Waals surface area contributed by atoms with Gasteiger partial charge in [0, 0.05) is 30.9 Å². The summed E-state index contributed by atoms with van der Waals surface area (Å²) in [5.41, 5.74) is 2.65. The van der Waals surface area contributed by atoms with Gasteiger partial charge in [-0.25, -0.2) is 4.79 Å². The van der Waals surface area contributed by atoms with E-state index in [4.69, 9.17) is 16.3 Å². The molecule has 0 atom stereocenters. The van der Waals surface area contributed by atoms with E-state index in [0.29, 0.717) is 5.56 Å². The molecule has 0 fully saturated rings. The molecular weight excluding hydrogens is 494 g/mol. The number of methoxy groups -OCH3 is 1. The highest BCUT2D eigenvalue weighted by Gasteiger charge is 2.19. The van der Waals surface area contributed by atoms with Crippen molar-refractivity contribution in [3.05, 3.63) is 106 Å². The van der Waals surface area contributed by atoms with Crippen LogP contribution in [0.2, 0.25) is 5.02 Å². The first-order chi connectivity index (χ1) is 17.7. The Kier molecular flexibility index (Phi) is 7.60. The lowest BCUT2D eigenvalue weighted by atomic mass is 10.1. The van der Waals surface area contributed by atoms with Crippen molar-refractivity contribution >= 4 is 46.4 Å². The Labute approximate surface area is 218 Å². The molecule has 0 spiro atoms. The molecular formula is C28H24ClN3O5. The first-order valence-electron chi connectivity index (χ1n) is 11.3. The topological polar surface area (TPSA) is 110 Å². The van der Waals surface area contributed by atoms with Crippen LogP contribution >= 0.6 is 11.6 Å². The predicted molar refractivity (Wildman–Crippen MR) is 141 cm³/mol. The van der Waals surface area contributed by atoms with Crippen LogP contribution < -0.4 is 10.6 Å². The lowest BCUT2D eigenvalue weighted by Gasteiger charge is -2.11. The smallest absolute Gasteiger partial charge is 0.354 e. The van der Waals surface area contributed by atoms with E-state index in [1.807, 2.05) is 42.1 Å². The fraction of sp³-hybridized carbons (Fsp3) is 0.107. The third-order valence-corrected chi connectivity index (χ3v) is 6.03. The van der Waals surface area contributed by atoms with E-state index in [9.17, 15) is 19.5 Å². The molecule has 37 heavy (non-hydrogen) atoms. The number of esters is 1. The van der Waals surface area contributed by atoms with Crippen molar-refractivity contribution in [3.8, 4) is 5.75 Å². The highest BCUT2D eigenvalue weighted by atomic mass is 35.5. The van der Waals surface area contributed by atoms with E-state index >= 15 is 0 Å². The summed E-state index contributed by atoms with van der Waals surface area (Å²) >= 11 is 6.32. The van der Waals surface area contributed by atoms with Crippen LogP contribution in [0.25, 0.3) is 17.0 Å². The molecule has 8 nitrogen and oxygen atoms in total. The summed E-state index contributed by atoms with van der Waals surface area (Å²) in [6.45, 7) is 0.203. The Hall–Kier alpha value is -4.56. The molecule has 0 radical (unpaired) electrons. The van der Waals surface area contributed by atoms with E-state index in [1.165, 1.54) is 37.5 Å². The molecule has 0 unspecified atom stereocenters. The molecule has 9 heteroatoms. The molecule has 0 aliphatic rings. The van der Waals surface area contributed by atoms with Crippen LogP contribution in [0.1, 0.15) is 31.8 Å². The van der Waals surface area contributed by atoms with Crippen molar-refractivity contribution in [2.24, 2.45) is 7.05 Å². The second-order valence-electron chi connectivity index (χ2n) is 8.30. The predicted octanol–water partition coefficient (Wildman–Crippen LogP) is 4.41. The largest absolute Gasteiger partial charge is 0.508 e. The quantitative estimate of drug-likeness (QED) is 0.248. The van der Waals surface area contributed by atoms with E-state index in [0.717, 1.165) is 16.5 Å². The summed E-state index contributed by atoms with van der Waals surface area (Å²) in [7, 11) is 3.14. The van der Waals surface area contributed by atoms with Gasteiger partial charge in [0.15, 0.2) is 0 Å². The van der Waals surface area contributed by atoms with Crippen LogP contribution in [0, 0.1) is 0 Å². The number of hydrogen-bond acceptors (Lipinski definition) is 5. The van der Waals surface area contributed by atoms with Crippen molar-refractivity contribution in [2.75, 3.05) is 7.11 Å². The van der Waals surface area contributed by atoms with Gasteiger partial charge in [-0.3, -0.25) is 9.59 Å². The maximum atomic E-state index is 13.0. The fourth-order valence-electron chi connectivity index (χ4n) is 3.77. The van der Waals surface area contributed by atoms with Gasteiger partial charge in [-0.05, 0) is 65.1 Å². The average Bonchev–Trinajstić information content (AvgIpc) is 3.26. The number of phenolic OH excluding ortho intramolecular Hbond substituents is 1. The second-order valence-corrected chi connectivity index (χ2v) is 8.70. The van der Waals surface area contributed by atoms with Crippen LogP contribution in [0.4, 0.5) is 0 Å². The Morgan fingerprint density at radius 1 is 1.03 bits per heavy atom. The highest BCUT2D eigenvalue weighted by molar-refractivity contribution is 6.34. The van der Waals surface area contributed by atoms with E-state index in [1.54, 1.807) is 18.2 Å². The number of ether oxygens (including phenoxy) is 1. The van der Waals surface area contributed by atoms with Crippen molar-refractivity contribution in [1.29, 1.82) is 0 Å². The van der Waals surface area contributed by atoms with Gasteiger partial charge < -0.3 is 25.0 Å². The van der Waals surface area contributed by atoms with Crippen LogP contribution in [0.5, 0.6) is 5.75 Å². The molecule has 3 N–H and O–H groups in total. The molecule has 0 saturated heterocycles. The lowest BCUT2D eigenvalue weighted by Crippen LogP contribution is -2.28. The van der Waals surface area contributed by atoms with Crippen molar-refractivity contribution in [2.45, 2.75) is 6.54 Å². The minimum atomic E-state index is -0.723. The van der Waals surface area contributed by atoms with Crippen molar-refractivity contribution < 1.29 is 24.2 Å². The number of benzene rings is 3. The Morgan fingerprint density at radius 3 is 2.57 bits per heavy atom. The summed E-state index contributed by atoms with van der Waals surface area (Å²) in [5.74, 6) is -1.65. The number of aryl methyl sites for hydroxylation is 1. The molecule has 0 saturated carbocycles. The van der Waals surface area contributed by atoms with Crippen molar-refractivity contribution in [1.82, 2.24) is 15.2 Å². The number of aromatic hydroxyl groups is 1. The Bertz CT molecular complexity index is 1540. The van der Waals surface area contributed by atoms with Gasteiger partial charge in [0.25, 0.3) is 11.8 Å². The van der Waals surface area contributed by atoms with Crippen LogP contribution in [0.15, 0.2) is 78.6 Å². The molecule has 4 rings (SSSR count). The Morgan fingerprint density at radius 2 is 1.84 bits per heavy atom. The number of carbonyl (C=O) groups is 3. The summed E-state index contributed by atoms with van der Waals surface area (Å²) in [4.78, 5) is 37.9. The van der Waals surface area contributed by atoms with E-state index in [2.05, 4.69) is 10.6 Å². The minimum Gasteiger partial charge on any atom is -0.508 e. The van der Waals surface area contributed by atoms with Crippen LogP contribution in [0.3, 0.4) is 0 Å². The molecule has 4 aromatic rings. The van der Waals surface area contributed by atoms with Gasteiger partial charge in [-0.1, -0.05) is 35.9 Å². The van der Waals surface area contributed by atoms with E-state index < -0.39 is 17.8 Å². The zero-order valence-corrected chi connectivity index (χ0v) is 20.9. The van der Waals surface area contributed by atoms with Gasteiger partial charge in [-0.15, -0.1) is 0 Å². The number of nitrogens with one attached hydrogen (secondary N) is 2. The van der Waals surface area contributed by atoms with Gasteiger partial charge in [0.1, 0.15) is 11.4 Å². The number of nitrogens with zero attached hydrogens (tertiary/aromatic N) is 1. The number of carbonyl (C=O) groups excluding carboxylic acids is 3. The SMILES string of the molecule is COC(=O)C(=Cc1ccc2ccn(C)c2c1)NC(=O)c1ccc(C(=O)NCc2cccc(O)c2)cc1Cl. The summed E-state index contributed by atoms with van der Waals surface area (Å²) in [5, 5.41) is 15.9. The summed E-state index contributed by atoms with van der Waals surface area (Å²) in [6.07, 6.45) is 3.45. The molecule has 0 aliphatic heterocycles. The third-order valence-electron chi connectivity index (χ3n) is 5.72. The number of aromatic nitrogens is 1. The molecule has 188 valence electrons. The standard InChI is InChI=1S/C28H24ClN3O5/c1-32-11-10-19-7-6-17(14-25(19)32)13-24(28(36)37-2)31-27(35)22-9-8-20(15-23(22)29)26(34)30-16-18-4-3-5-21(33)12-18/h3-15,33H,16H2,1-2H3,(H,30,34)(H,31,35). The fourth-order valence-corrected chi connectivity index (χ4v) is 4.04. The number of fused-ring (bicyclic) bond motifs is 1. The van der Waals surface area contributed by atoms with Gasteiger partial charge >= 0.3 is 5.97 Å². The molecule has 0 aliphatic carbocycles. The number of hydrogen-bond donors (Lipinski definition) is 3. The average molecular weight is 518 g/mol. The first kappa shape index (κ1) is 25.5. The van der Waals surface area contributed by atoms with Gasteiger partial charge in [0.05, 0.1) is 17.7 Å². The maximum absolute atomic E-state index is 13.0. The third kappa shape index (κ3) is 5.99. The minimum absolute atomic E-state index is 0.0388. The lowest BCUT2D eigenvalue weighted by molar-refractivity contribution is -0.136. The molecule has 0 bridgehead atoms. The molecule has 3 aromatic carbocycles. The number of phenols is 1. The second kappa shape index (κ2) is 11.0. The van der Waals surface area contributed by atoms with Gasteiger partial charge in [-0.2, -0.15) is 0 Å². The van der Waals surface area contributed by atoms with E-state index in [-0.39, 0.29) is 34.1 Å².